The van der Waals surface area contributed by atoms with Crippen molar-refractivity contribution in [3.05, 3.63) is 58.1 Å². The number of piperidine rings is 1. The quantitative estimate of drug-likeness (QED) is 0.525. The Morgan fingerprint density at radius 3 is 2.28 bits per heavy atom. The van der Waals surface area contributed by atoms with E-state index in [1.165, 1.54) is 19.2 Å². The predicted molar refractivity (Wildman–Crippen MR) is 124 cm³/mol. The molecular formula is C22H26Cl2N2O5S. The van der Waals surface area contributed by atoms with Crippen LogP contribution in [-0.4, -0.2) is 52.1 Å². The van der Waals surface area contributed by atoms with E-state index >= 15 is 0 Å². The van der Waals surface area contributed by atoms with Gasteiger partial charge in [-0.05, 0) is 74.0 Å². The topological polar surface area (TPSA) is 84.9 Å². The lowest BCUT2D eigenvalue weighted by molar-refractivity contribution is -0.147. The molecule has 0 radical (unpaired) electrons. The van der Waals surface area contributed by atoms with Crippen molar-refractivity contribution >= 4 is 39.2 Å². The Labute approximate surface area is 198 Å². The summed E-state index contributed by atoms with van der Waals surface area (Å²) in [7, 11) is -2.50. The molecule has 1 heterocycles. The van der Waals surface area contributed by atoms with Crippen molar-refractivity contribution in [2.45, 2.75) is 36.8 Å². The Balaban J connectivity index is 1.61. The van der Waals surface area contributed by atoms with Crippen LogP contribution in [0.4, 0.5) is 0 Å². The van der Waals surface area contributed by atoms with Gasteiger partial charge in [-0.15, -0.1) is 0 Å². The van der Waals surface area contributed by atoms with Gasteiger partial charge in [-0.2, -0.15) is 0 Å². The van der Waals surface area contributed by atoms with Crippen molar-refractivity contribution in [2.24, 2.45) is 0 Å². The lowest BCUT2D eigenvalue weighted by Crippen LogP contribution is -2.50. The molecule has 1 aliphatic rings. The number of methoxy groups -OCH3 is 1. The molecule has 174 valence electrons. The first-order valence-electron chi connectivity index (χ1n) is 10.3. The molecule has 2 aromatic rings. The number of halogens is 2. The lowest BCUT2D eigenvalue weighted by atomic mass is 10.1. The summed E-state index contributed by atoms with van der Waals surface area (Å²) >= 11 is 12.0. The van der Waals surface area contributed by atoms with Gasteiger partial charge in [0, 0.05) is 16.6 Å². The molecule has 1 N–H and O–H groups in total. The third-order valence-corrected chi connectivity index (χ3v) is 7.11. The van der Waals surface area contributed by atoms with Crippen LogP contribution in [0.25, 0.3) is 0 Å². The maximum absolute atomic E-state index is 12.7. The van der Waals surface area contributed by atoms with E-state index in [2.05, 4.69) is 4.72 Å². The number of carbonyl (C=O) groups is 1. The summed E-state index contributed by atoms with van der Waals surface area (Å²) in [6, 6.07) is 10.5. The molecule has 0 spiro atoms. The van der Waals surface area contributed by atoms with Gasteiger partial charge in [-0.3, -0.25) is 9.69 Å². The number of sulfonamides is 1. The number of nitrogens with zero attached hydrogens (tertiary/aromatic N) is 1. The molecule has 10 heteroatoms. The normalized spacial score (nSPS) is 15.8. The zero-order valence-electron chi connectivity index (χ0n) is 17.7. The number of benzene rings is 2. The molecule has 32 heavy (non-hydrogen) atoms. The molecular weight excluding hydrogens is 475 g/mol. The van der Waals surface area contributed by atoms with Crippen molar-refractivity contribution in [1.82, 2.24) is 9.62 Å². The van der Waals surface area contributed by atoms with Crippen molar-refractivity contribution in [3.8, 4) is 5.75 Å². The number of carbonyl (C=O) groups excluding carboxylic acids is 1. The Kier molecular flexibility index (Phi) is 8.79. The highest BCUT2D eigenvalue weighted by Gasteiger charge is 2.29. The second-order valence-corrected chi connectivity index (χ2v) is 10.2. The van der Waals surface area contributed by atoms with Crippen LogP contribution >= 0.6 is 23.2 Å². The zero-order chi connectivity index (χ0) is 23.1. The van der Waals surface area contributed by atoms with E-state index in [4.69, 9.17) is 32.7 Å². The van der Waals surface area contributed by atoms with E-state index in [1.807, 2.05) is 4.90 Å². The molecule has 1 fully saturated rings. The van der Waals surface area contributed by atoms with Crippen LogP contribution in [0.2, 0.25) is 10.0 Å². The maximum atomic E-state index is 12.7. The van der Waals surface area contributed by atoms with Crippen LogP contribution in [-0.2, 0) is 26.2 Å². The summed E-state index contributed by atoms with van der Waals surface area (Å²) in [6.45, 7) is 1.67. The highest BCUT2D eigenvalue weighted by Crippen LogP contribution is 2.22. The molecule has 1 saturated heterocycles. The van der Waals surface area contributed by atoms with Crippen LogP contribution in [0, 0.1) is 0 Å². The second kappa shape index (κ2) is 11.3. The van der Waals surface area contributed by atoms with Gasteiger partial charge in [0.2, 0.25) is 10.0 Å². The van der Waals surface area contributed by atoms with Crippen molar-refractivity contribution in [1.29, 1.82) is 0 Å². The molecule has 0 saturated carbocycles. The molecule has 1 atom stereocenters. The molecule has 0 bridgehead atoms. The van der Waals surface area contributed by atoms with Gasteiger partial charge >= 0.3 is 5.97 Å². The molecule has 1 aliphatic heterocycles. The first-order valence-corrected chi connectivity index (χ1v) is 12.5. The van der Waals surface area contributed by atoms with Gasteiger partial charge in [-0.1, -0.05) is 29.6 Å². The molecule has 3 rings (SSSR count). The number of likely N-dealkylation sites (tertiary alicyclic amines) is 1. The number of hydrogen-bond acceptors (Lipinski definition) is 6. The van der Waals surface area contributed by atoms with Gasteiger partial charge in [0.15, 0.2) is 0 Å². The SMILES string of the molecule is COC(=O)C(CNS(=O)(=O)c1ccc(OCc2cc(Cl)cc(Cl)c2)cc1)N1CCCCC1. The highest BCUT2D eigenvalue weighted by molar-refractivity contribution is 7.89. The minimum atomic E-state index is -3.81. The lowest BCUT2D eigenvalue weighted by Gasteiger charge is -2.32. The molecule has 0 aliphatic carbocycles. The van der Waals surface area contributed by atoms with Crippen molar-refractivity contribution in [3.63, 3.8) is 0 Å². The van der Waals surface area contributed by atoms with Gasteiger partial charge in [0.25, 0.3) is 0 Å². The summed E-state index contributed by atoms with van der Waals surface area (Å²) < 4.78 is 38.6. The number of rotatable bonds is 9. The zero-order valence-corrected chi connectivity index (χ0v) is 20.0. The molecule has 0 amide bonds. The van der Waals surface area contributed by atoms with Crippen LogP contribution in [0.5, 0.6) is 5.75 Å². The average molecular weight is 501 g/mol. The number of hydrogen-bond donors (Lipinski definition) is 1. The smallest absolute Gasteiger partial charge is 0.324 e. The molecule has 1 unspecified atom stereocenters. The molecule has 2 aromatic carbocycles. The summed E-state index contributed by atoms with van der Waals surface area (Å²) in [4.78, 5) is 14.3. The van der Waals surface area contributed by atoms with Crippen molar-refractivity contribution in [2.75, 3.05) is 26.7 Å². The fourth-order valence-corrected chi connectivity index (χ4v) is 5.19. The fourth-order valence-electron chi connectivity index (χ4n) is 3.58. The van der Waals surface area contributed by atoms with Gasteiger partial charge in [-0.25, -0.2) is 13.1 Å². The number of esters is 1. The van der Waals surface area contributed by atoms with E-state index < -0.39 is 22.0 Å². The van der Waals surface area contributed by atoms with E-state index in [9.17, 15) is 13.2 Å². The monoisotopic (exact) mass is 500 g/mol. The first kappa shape index (κ1) is 24.8. The average Bonchev–Trinajstić information content (AvgIpc) is 2.78. The van der Waals surface area contributed by atoms with E-state index in [0.717, 1.165) is 37.9 Å². The Hall–Kier alpha value is -1.84. The second-order valence-electron chi connectivity index (χ2n) is 7.53. The van der Waals surface area contributed by atoms with Gasteiger partial charge in [0.1, 0.15) is 18.4 Å². The minimum absolute atomic E-state index is 0.0528. The van der Waals surface area contributed by atoms with Crippen LogP contribution in [0.1, 0.15) is 24.8 Å². The third kappa shape index (κ3) is 6.83. The fraction of sp³-hybridized carbons (Fsp3) is 0.409. The van der Waals surface area contributed by atoms with Crippen LogP contribution in [0.3, 0.4) is 0 Å². The molecule has 0 aromatic heterocycles. The van der Waals surface area contributed by atoms with E-state index in [-0.39, 0.29) is 18.0 Å². The first-order chi connectivity index (χ1) is 15.3. The Bertz CT molecular complexity index is 1000. The van der Waals surface area contributed by atoms with Gasteiger partial charge < -0.3 is 9.47 Å². The number of nitrogens with one attached hydrogen (secondary N) is 1. The molecule has 7 nitrogen and oxygen atoms in total. The minimum Gasteiger partial charge on any atom is -0.489 e. The summed E-state index contributed by atoms with van der Waals surface area (Å²) in [5, 5.41) is 1.02. The maximum Gasteiger partial charge on any atom is 0.324 e. The van der Waals surface area contributed by atoms with E-state index in [0.29, 0.717) is 15.8 Å². The Morgan fingerprint density at radius 2 is 1.69 bits per heavy atom. The largest absolute Gasteiger partial charge is 0.489 e. The van der Waals surface area contributed by atoms with Crippen molar-refractivity contribution < 1.29 is 22.7 Å². The number of ether oxygens (including phenoxy) is 2. The highest BCUT2D eigenvalue weighted by atomic mass is 35.5. The standard InChI is InChI=1S/C22H26Cl2N2O5S/c1-30-22(27)21(26-9-3-2-4-10-26)14-25-32(28,29)20-7-5-19(6-8-20)31-15-16-11-17(23)13-18(24)12-16/h5-8,11-13,21,25H,2-4,9-10,14-15H2,1H3. The summed E-state index contributed by atoms with van der Waals surface area (Å²) in [5.41, 5.74) is 0.799. The van der Waals surface area contributed by atoms with Crippen LogP contribution < -0.4 is 9.46 Å². The Morgan fingerprint density at radius 1 is 1.06 bits per heavy atom. The van der Waals surface area contributed by atoms with Gasteiger partial charge in [0.05, 0.1) is 12.0 Å². The summed E-state index contributed by atoms with van der Waals surface area (Å²) in [5.74, 6) is 0.0558. The summed E-state index contributed by atoms with van der Waals surface area (Å²) in [6.07, 6.45) is 3.06. The van der Waals surface area contributed by atoms with Crippen LogP contribution in [0.15, 0.2) is 47.4 Å². The third-order valence-electron chi connectivity index (χ3n) is 5.23. The van der Waals surface area contributed by atoms with E-state index in [1.54, 1.807) is 30.3 Å². The predicted octanol–water partition coefficient (Wildman–Crippen LogP) is 3.88.